The molecule has 11 heteroatoms. The minimum atomic E-state index is -1.45. The van der Waals surface area contributed by atoms with Gasteiger partial charge in [-0.15, -0.1) is 0 Å². The number of nitrogens with one attached hydrogen (secondary N) is 1. The number of Topliss-reactive ketones (excluding diaryl/α,β-unsaturated/α-hetero) is 1. The fraction of sp³-hybridized carbons (Fsp3) is 0.417. The Kier molecular flexibility index (Phi) is 11.1. The number of carbonyl (C=O) groups excluding carboxylic acids is 2. The molecule has 9 nitrogen and oxygen atoms in total. The predicted octanol–water partition coefficient (Wildman–Crippen LogP) is 6.27. The third kappa shape index (κ3) is 7.47. The van der Waals surface area contributed by atoms with Gasteiger partial charge in [0.25, 0.3) is 5.91 Å². The first-order valence-electron chi connectivity index (χ1n) is 11.2. The van der Waals surface area contributed by atoms with E-state index in [0.717, 1.165) is 0 Å². The Morgan fingerprint density at radius 2 is 1.49 bits per heavy atom. The van der Waals surface area contributed by atoms with Gasteiger partial charge in [-0.2, -0.15) is 10.2 Å². The van der Waals surface area contributed by atoms with Crippen molar-refractivity contribution in [1.82, 2.24) is 0 Å². The van der Waals surface area contributed by atoms with Crippen LogP contribution in [0.1, 0.15) is 34.6 Å². The van der Waals surface area contributed by atoms with Gasteiger partial charge in [0.05, 0.1) is 32.1 Å². The molecule has 1 amide bonds. The second-order valence-electron chi connectivity index (χ2n) is 6.96. The van der Waals surface area contributed by atoms with Gasteiger partial charge < -0.3 is 24.3 Å². The van der Waals surface area contributed by atoms with E-state index in [-0.39, 0.29) is 16.4 Å². The second kappa shape index (κ2) is 13.7. The zero-order valence-electron chi connectivity index (χ0n) is 20.3. The number of carbonyl (C=O) groups is 2. The summed E-state index contributed by atoms with van der Waals surface area (Å²) in [5.74, 6) is 0.168. The minimum absolute atomic E-state index is 0.139. The minimum Gasteiger partial charge on any atom is -0.490 e. The van der Waals surface area contributed by atoms with Crippen molar-refractivity contribution >= 4 is 46.3 Å². The van der Waals surface area contributed by atoms with Crippen molar-refractivity contribution in [2.75, 3.05) is 31.7 Å². The monoisotopic (exact) mass is 525 g/mol. The molecule has 2 aromatic rings. The van der Waals surface area contributed by atoms with Crippen LogP contribution in [0.5, 0.6) is 23.0 Å². The van der Waals surface area contributed by atoms with Crippen LogP contribution in [-0.2, 0) is 9.59 Å². The number of azo groups is 1. The number of halogens is 2. The summed E-state index contributed by atoms with van der Waals surface area (Å²) in [6, 6.07) is 4.83. The smallest absolute Gasteiger partial charge is 0.258 e. The molecule has 0 aliphatic heterocycles. The second-order valence-corrected chi connectivity index (χ2v) is 7.77. The standard InChI is InChI=1S/C24H29Cl2N3O6/c1-6-32-18-11-10-16(20(26)23(18)35-9-4)27-24(31)21(14(5)30)29-28-17-12-15(25)13-19(33-7-2)22(17)34-8-3/h10-13,21H,6-9H2,1-5H3,(H,27,31). The molecule has 0 bridgehead atoms. The number of rotatable bonds is 13. The van der Waals surface area contributed by atoms with Crippen LogP contribution in [0.2, 0.25) is 10.0 Å². The van der Waals surface area contributed by atoms with E-state index in [0.29, 0.717) is 54.4 Å². The largest absolute Gasteiger partial charge is 0.490 e. The Morgan fingerprint density at radius 1 is 0.886 bits per heavy atom. The van der Waals surface area contributed by atoms with Crippen LogP contribution >= 0.6 is 23.2 Å². The van der Waals surface area contributed by atoms with Gasteiger partial charge >= 0.3 is 0 Å². The lowest BCUT2D eigenvalue weighted by Crippen LogP contribution is -2.32. The van der Waals surface area contributed by atoms with Crippen molar-refractivity contribution < 1.29 is 28.5 Å². The Bertz CT molecular complexity index is 1080. The molecule has 190 valence electrons. The summed E-state index contributed by atoms with van der Waals surface area (Å²) < 4.78 is 22.3. The van der Waals surface area contributed by atoms with Crippen LogP contribution in [-0.4, -0.2) is 44.2 Å². The number of nitrogens with zero attached hydrogens (tertiary/aromatic N) is 2. The lowest BCUT2D eigenvalue weighted by atomic mass is 10.2. The lowest BCUT2D eigenvalue weighted by Gasteiger charge is -2.16. The molecule has 0 saturated heterocycles. The molecule has 0 radical (unpaired) electrons. The van der Waals surface area contributed by atoms with Crippen molar-refractivity contribution in [3.05, 3.63) is 34.3 Å². The Morgan fingerprint density at radius 3 is 2.09 bits per heavy atom. The van der Waals surface area contributed by atoms with Crippen molar-refractivity contribution in [3.8, 4) is 23.0 Å². The van der Waals surface area contributed by atoms with E-state index in [2.05, 4.69) is 15.5 Å². The number of anilines is 1. The first kappa shape index (κ1) is 28.2. The molecule has 0 heterocycles. The maximum absolute atomic E-state index is 13.0. The van der Waals surface area contributed by atoms with Gasteiger partial charge in [-0.05, 0) is 52.8 Å². The fourth-order valence-corrected chi connectivity index (χ4v) is 3.46. The van der Waals surface area contributed by atoms with Crippen LogP contribution in [0.3, 0.4) is 0 Å². The zero-order valence-corrected chi connectivity index (χ0v) is 21.8. The average Bonchev–Trinajstić information content (AvgIpc) is 2.80. The maximum Gasteiger partial charge on any atom is 0.258 e. The summed E-state index contributed by atoms with van der Waals surface area (Å²) in [4.78, 5) is 25.2. The van der Waals surface area contributed by atoms with Crippen molar-refractivity contribution in [3.63, 3.8) is 0 Å². The summed E-state index contributed by atoms with van der Waals surface area (Å²) in [5, 5.41) is 11.2. The van der Waals surface area contributed by atoms with Crippen LogP contribution in [0.25, 0.3) is 0 Å². The highest BCUT2D eigenvalue weighted by atomic mass is 35.5. The quantitative estimate of drug-likeness (QED) is 0.244. The van der Waals surface area contributed by atoms with Gasteiger partial charge in [0.15, 0.2) is 28.8 Å². The molecule has 0 saturated carbocycles. The summed E-state index contributed by atoms with van der Waals surface area (Å²) >= 11 is 12.6. The zero-order chi connectivity index (χ0) is 26.0. The van der Waals surface area contributed by atoms with Gasteiger partial charge in [-0.25, -0.2) is 0 Å². The van der Waals surface area contributed by atoms with Crippen molar-refractivity contribution in [2.45, 2.75) is 40.7 Å². The number of hydrogen-bond acceptors (Lipinski definition) is 8. The number of amides is 1. The van der Waals surface area contributed by atoms with Crippen molar-refractivity contribution in [2.24, 2.45) is 10.2 Å². The third-order valence-electron chi connectivity index (χ3n) is 4.41. The Balaban J connectivity index is 2.37. The molecule has 1 atom stereocenters. The summed E-state index contributed by atoms with van der Waals surface area (Å²) in [7, 11) is 0. The van der Waals surface area contributed by atoms with Gasteiger partial charge in [0.2, 0.25) is 6.04 Å². The molecule has 0 aromatic heterocycles. The molecule has 0 spiro atoms. The number of ether oxygens (including phenoxy) is 4. The highest BCUT2D eigenvalue weighted by molar-refractivity contribution is 6.35. The van der Waals surface area contributed by atoms with Crippen LogP contribution in [0.15, 0.2) is 34.5 Å². The molecule has 0 aliphatic carbocycles. The lowest BCUT2D eigenvalue weighted by molar-refractivity contribution is -0.126. The number of ketones is 1. The molecule has 2 aromatic carbocycles. The van der Waals surface area contributed by atoms with Crippen LogP contribution in [0.4, 0.5) is 11.4 Å². The molecule has 0 fully saturated rings. The SMILES string of the molecule is CCOc1cc(Cl)cc(N=NC(C(C)=O)C(=O)Nc2ccc(OCC)c(OCC)c2Cl)c1OCC. The Labute approximate surface area is 214 Å². The number of benzene rings is 2. The summed E-state index contributed by atoms with van der Waals surface area (Å²) in [5.41, 5.74) is 0.459. The normalized spacial score (nSPS) is 11.7. The maximum atomic E-state index is 13.0. The highest BCUT2D eigenvalue weighted by Crippen LogP contribution is 2.42. The van der Waals surface area contributed by atoms with Crippen molar-refractivity contribution in [1.29, 1.82) is 0 Å². The van der Waals surface area contributed by atoms with Gasteiger partial charge in [0, 0.05) is 11.1 Å². The van der Waals surface area contributed by atoms with E-state index in [9.17, 15) is 9.59 Å². The van der Waals surface area contributed by atoms with Gasteiger partial charge in [0.1, 0.15) is 10.7 Å². The molecular formula is C24H29Cl2N3O6. The first-order chi connectivity index (χ1) is 16.8. The van der Waals surface area contributed by atoms with E-state index in [4.69, 9.17) is 42.1 Å². The summed E-state index contributed by atoms with van der Waals surface area (Å²) in [6.45, 7) is 9.94. The van der Waals surface area contributed by atoms with Gasteiger partial charge in [-0.3, -0.25) is 9.59 Å². The Hall–Kier alpha value is -3.04. The number of hydrogen-bond donors (Lipinski definition) is 1. The highest BCUT2D eigenvalue weighted by Gasteiger charge is 2.26. The average molecular weight is 526 g/mol. The van der Waals surface area contributed by atoms with Crippen LogP contribution in [0, 0.1) is 0 Å². The predicted molar refractivity (Wildman–Crippen MR) is 135 cm³/mol. The fourth-order valence-electron chi connectivity index (χ4n) is 3.00. The molecule has 1 unspecified atom stereocenters. The molecule has 35 heavy (non-hydrogen) atoms. The van der Waals surface area contributed by atoms with E-state index >= 15 is 0 Å². The van der Waals surface area contributed by atoms with Gasteiger partial charge in [-0.1, -0.05) is 23.2 Å². The van der Waals surface area contributed by atoms with E-state index in [1.54, 1.807) is 32.0 Å². The van der Waals surface area contributed by atoms with E-state index in [1.807, 2.05) is 13.8 Å². The van der Waals surface area contributed by atoms with Crippen LogP contribution < -0.4 is 24.3 Å². The van der Waals surface area contributed by atoms with E-state index < -0.39 is 17.7 Å². The molecular weight excluding hydrogens is 497 g/mol. The molecule has 2 rings (SSSR count). The third-order valence-corrected chi connectivity index (χ3v) is 5.00. The topological polar surface area (TPSA) is 108 Å². The summed E-state index contributed by atoms with van der Waals surface area (Å²) in [6.07, 6.45) is 0. The molecule has 1 N–H and O–H groups in total. The van der Waals surface area contributed by atoms with E-state index in [1.165, 1.54) is 13.0 Å². The first-order valence-corrected chi connectivity index (χ1v) is 11.9. The molecule has 0 aliphatic rings.